The van der Waals surface area contributed by atoms with Gasteiger partial charge in [-0.1, -0.05) is 41.9 Å². The van der Waals surface area contributed by atoms with Crippen LogP contribution in [0.15, 0.2) is 60.7 Å². The Morgan fingerprint density at radius 2 is 1.64 bits per heavy atom. The molecule has 0 saturated carbocycles. The van der Waals surface area contributed by atoms with Crippen LogP contribution in [0.5, 0.6) is 0 Å². The largest absolute Gasteiger partial charge is 0.355 e. The molecule has 0 aromatic heterocycles. The topological polar surface area (TPSA) is 90.5 Å². The molecule has 3 aromatic rings. The van der Waals surface area contributed by atoms with Crippen LogP contribution in [0.4, 0.5) is 5.69 Å². The highest BCUT2D eigenvalue weighted by Crippen LogP contribution is 2.23. The Balaban J connectivity index is 1.64. The highest BCUT2D eigenvalue weighted by atomic mass is 35.5. The minimum Gasteiger partial charge on any atom is -0.355 e. The van der Waals surface area contributed by atoms with Crippen LogP contribution in [0.25, 0.3) is 10.8 Å². The number of amides is 3. The van der Waals surface area contributed by atoms with Gasteiger partial charge in [-0.2, -0.15) is 0 Å². The number of hydrogen-bond acceptors (Lipinski definition) is 4. The van der Waals surface area contributed by atoms with Crippen molar-refractivity contribution in [2.45, 2.75) is 6.42 Å². The zero-order valence-electron chi connectivity index (χ0n) is 18.7. The second-order valence-electron chi connectivity index (χ2n) is 7.90. The lowest BCUT2D eigenvalue weighted by Gasteiger charge is -2.13. The number of benzene rings is 3. The van der Waals surface area contributed by atoms with Gasteiger partial charge in [0.15, 0.2) is 0 Å². The summed E-state index contributed by atoms with van der Waals surface area (Å²) in [6.07, 6.45) is 0.814. The fourth-order valence-electron chi connectivity index (χ4n) is 3.28. The average molecular weight is 467 g/mol. The number of nitrogens with one attached hydrogen (secondary N) is 3. The molecular formula is C25H27ClN4O3. The van der Waals surface area contributed by atoms with Crippen LogP contribution >= 0.6 is 11.6 Å². The van der Waals surface area contributed by atoms with Gasteiger partial charge < -0.3 is 20.9 Å². The quantitative estimate of drug-likeness (QED) is 0.421. The van der Waals surface area contributed by atoms with Crippen molar-refractivity contribution in [2.24, 2.45) is 0 Å². The van der Waals surface area contributed by atoms with Gasteiger partial charge in [-0.3, -0.25) is 14.4 Å². The van der Waals surface area contributed by atoms with Gasteiger partial charge in [0.1, 0.15) is 0 Å². The van der Waals surface area contributed by atoms with E-state index in [0.29, 0.717) is 17.1 Å². The summed E-state index contributed by atoms with van der Waals surface area (Å²) in [5.41, 5.74) is 0.940. The molecule has 0 atom stereocenters. The highest BCUT2D eigenvalue weighted by molar-refractivity contribution is 6.31. The first kappa shape index (κ1) is 24.2. The molecule has 0 unspecified atom stereocenters. The summed E-state index contributed by atoms with van der Waals surface area (Å²) >= 11 is 6.10. The van der Waals surface area contributed by atoms with Crippen molar-refractivity contribution >= 4 is 45.8 Å². The maximum atomic E-state index is 12.9. The number of anilines is 1. The third-order valence-corrected chi connectivity index (χ3v) is 5.23. The molecule has 0 aliphatic carbocycles. The fraction of sp³-hybridized carbons (Fsp3) is 0.240. The molecule has 8 heteroatoms. The lowest BCUT2D eigenvalue weighted by molar-refractivity contribution is -0.120. The predicted octanol–water partition coefficient (Wildman–Crippen LogP) is 3.54. The van der Waals surface area contributed by atoms with E-state index in [-0.39, 0.29) is 29.6 Å². The zero-order valence-corrected chi connectivity index (χ0v) is 19.4. The summed E-state index contributed by atoms with van der Waals surface area (Å²) in [4.78, 5) is 39.6. The van der Waals surface area contributed by atoms with Crippen molar-refractivity contribution in [1.82, 2.24) is 15.5 Å². The molecule has 0 aliphatic rings. The van der Waals surface area contributed by atoms with Crippen LogP contribution in [-0.4, -0.2) is 56.4 Å². The van der Waals surface area contributed by atoms with Gasteiger partial charge in [0.2, 0.25) is 5.91 Å². The minimum absolute atomic E-state index is 0.165. The van der Waals surface area contributed by atoms with Crippen molar-refractivity contribution in [3.63, 3.8) is 0 Å². The van der Waals surface area contributed by atoms with E-state index in [1.807, 2.05) is 49.3 Å². The smallest absolute Gasteiger partial charge is 0.255 e. The molecule has 0 bridgehead atoms. The molecular weight excluding hydrogens is 440 g/mol. The van der Waals surface area contributed by atoms with Gasteiger partial charge in [0, 0.05) is 17.1 Å². The second-order valence-corrected chi connectivity index (χ2v) is 8.33. The lowest BCUT2D eigenvalue weighted by Crippen LogP contribution is -2.38. The first-order valence-electron chi connectivity index (χ1n) is 10.6. The molecule has 0 radical (unpaired) electrons. The number of nitrogens with zero attached hydrogens (tertiary/aromatic N) is 1. The van der Waals surface area contributed by atoms with Crippen LogP contribution < -0.4 is 16.0 Å². The summed E-state index contributed by atoms with van der Waals surface area (Å²) in [5, 5.41) is 10.5. The molecule has 3 N–H and O–H groups in total. The van der Waals surface area contributed by atoms with E-state index >= 15 is 0 Å². The van der Waals surface area contributed by atoms with Gasteiger partial charge in [-0.25, -0.2) is 0 Å². The van der Waals surface area contributed by atoms with Crippen molar-refractivity contribution in [3.8, 4) is 0 Å². The van der Waals surface area contributed by atoms with Crippen molar-refractivity contribution in [1.29, 1.82) is 0 Å². The third kappa shape index (κ3) is 7.03. The number of carbonyl (C=O) groups is 3. The molecule has 172 valence electrons. The van der Waals surface area contributed by atoms with Crippen LogP contribution in [0.3, 0.4) is 0 Å². The van der Waals surface area contributed by atoms with Crippen molar-refractivity contribution in [2.75, 3.05) is 39.0 Å². The second kappa shape index (κ2) is 11.4. The number of carbonyl (C=O) groups excluding carboxylic acids is 3. The SMILES string of the molecule is CN(C)CCCNC(=O)CNC(=O)c1ccc(Cl)cc1NC(=O)c1ccc2ccccc2c1. The maximum Gasteiger partial charge on any atom is 0.255 e. The number of rotatable bonds is 9. The standard InChI is InChI=1S/C25H27ClN4O3/c1-30(2)13-5-12-27-23(31)16-28-25(33)21-11-10-20(26)15-22(21)29-24(32)19-9-8-17-6-3-4-7-18(17)14-19/h3-4,6-11,14-15H,5,12-13,16H2,1-2H3,(H,27,31)(H,28,33)(H,29,32). The normalized spacial score (nSPS) is 10.8. The molecule has 0 aliphatic heterocycles. The van der Waals surface area contributed by atoms with E-state index in [0.717, 1.165) is 23.7 Å². The summed E-state index contributed by atoms with van der Waals surface area (Å²) in [6.45, 7) is 1.22. The van der Waals surface area contributed by atoms with Gasteiger partial charge in [-0.05, 0) is 68.2 Å². The summed E-state index contributed by atoms with van der Waals surface area (Å²) in [5.74, 6) is -1.13. The third-order valence-electron chi connectivity index (χ3n) is 5.00. The van der Waals surface area contributed by atoms with Crippen LogP contribution in [-0.2, 0) is 4.79 Å². The molecule has 0 spiro atoms. The molecule has 3 rings (SSSR count). The Bertz CT molecular complexity index is 1160. The molecule has 0 saturated heterocycles. The van der Waals surface area contributed by atoms with E-state index < -0.39 is 5.91 Å². The Hall–Kier alpha value is -3.42. The Morgan fingerprint density at radius 1 is 0.879 bits per heavy atom. The van der Waals surface area contributed by atoms with Crippen molar-refractivity contribution in [3.05, 3.63) is 76.8 Å². The minimum atomic E-state index is -0.482. The van der Waals surface area contributed by atoms with Crippen molar-refractivity contribution < 1.29 is 14.4 Å². The van der Waals surface area contributed by atoms with E-state index in [4.69, 9.17) is 11.6 Å². The lowest BCUT2D eigenvalue weighted by atomic mass is 10.1. The molecule has 0 heterocycles. The van der Waals surface area contributed by atoms with Crippen LogP contribution in [0.2, 0.25) is 5.02 Å². The summed E-state index contributed by atoms with van der Waals surface area (Å²) < 4.78 is 0. The first-order valence-corrected chi connectivity index (χ1v) is 11.0. The highest BCUT2D eigenvalue weighted by Gasteiger charge is 2.16. The predicted molar refractivity (Wildman–Crippen MR) is 132 cm³/mol. The first-order chi connectivity index (χ1) is 15.8. The fourth-order valence-corrected chi connectivity index (χ4v) is 3.46. The Labute approximate surface area is 198 Å². The molecule has 3 amide bonds. The average Bonchev–Trinajstić information content (AvgIpc) is 2.80. The van der Waals surface area contributed by atoms with Gasteiger partial charge >= 0.3 is 0 Å². The number of hydrogen-bond donors (Lipinski definition) is 3. The van der Waals surface area contributed by atoms with Crippen LogP contribution in [0.1, 0.15) is 27.1 Å². The van der Waals surface area contributed by atoms with Gasteiger partial charge in [0.25, 0.3) is 11.8 Å². The maximum absolute atomic E-state index is 12.9. The molecule has 0 fully saturated rings. The zero-order chi connectivity index (χ0) is 23.8. The van der Waals surface area contributed by atoms with Gasteiger partial charge in [-0.15, -0.1) is 0 Å². The number of halogens is 1. The van der Waals surface area contributed by atoms with E-state index in [1.54, 1.807) is 18.2 Å². The van der Waals surface area contributed by atoms with Crippen LogP contribution in [0, 0.1) is 0 Å². The summed E-state index contributed by atoms with van der Waals surface area (Å²) in [7, 11) is 3.93. The molecule has 7 nitrogen and oxygen atoms in total. The van der Waals surface area contributed by atoms with E-state index in [2.05, 4.69) is 16.0 Å². The molecule has 3 aromatic carbocycles. The van der Waals surface area contributed by atoms with Gasteiger partial charge in [0.05, 0.1) is 17.8 Å². The summed E-state index contributed by atoms with van der Waals surface area (Å²) in [6, 6.07) is 17.7. The monoisotopic (exact) mass is 466 g/mol. The Morgan fingerprint density at radius 3 is 2.39 bits per heavy atom. The number of fused-ring (bicyclic) bond motifs is 1. The van der Waals surface area contributed by atoms with E-state index in [9.17, 15) is 14.4 Å². The Kier molecular flexibility index (Phi) is 8.40. The van der Waals surface area contributed by atoms with E-state index in [1.165, 1.54) is 12.1 Å². The molecule has 33 heavy (non-hydrogen) atoms.